The third kappa shape index (κ3) is 7.18. The molecule has 2 aliphatic rings. The first kappa shape index (κ1) is 31.6. The molecule has 0 spiro atoms. The number of nitrogens with zero attached hydrogens (tertiary/aromatic N) is 2. The predicted octanol–water partition coefficient (Wildman–Crippen LogP) is 5.08. The lowest BCUT2D eigenvalue weighted by molar-refractivity contribution is -0.152. The second-order valence-corrected chi connectivity index (χ2v) is 12.7. The molecule has 1 aliphatic carbocycles. The van der Waals surface area contributed by atoms with Gasteiger partial charge in [-0.25, -0.2) is 9.59 Å². The lowest BCUT2D eigenvalue weighted by atomic mass is 9.85. The molecule has 10 heteroatoms. The second kappa shape index (κ2) is 12.5. The highest BCUT2D eigenvalue weighted by Gasteiger charge is 2.46. The molecule has 1 N–H and O–H groups in total. The van der Waals surface area contributed by atoms with Gasteiger partial charge in [-0.1, -0.05) is 62.8 Å². The summed E-state index contributed by atoms with van der Waals surface area (Å²) >= 11 is 0. The van der Waals surface area contributed by atoms with Crippen LogP contribution in [0.5, 0.6) is 5.75 Å². The van der Waals surface area contributed by atoms with Gasteiger partial charge in [0.25, 0.3) is 0 Å². The first-order valence-corrected chi connectivity index (χ1v) is 14.3. The van der Waals surface area contributed by atoms with Gasteiger partial charge in [0, 0.05) is 17.5 Å². The normalized spacial score (nSPS) is 19.2. The van der Waals surface area contributed by atoms with E-state index in [2.05, 4.69) is 17.1 Å². The number of amides is 2. The van der Waals surface area contributed by atoms with Crippen molar-refractivity contribution in [2.75, 3.05) is 20.3 Å². The third-order valence-corrected chi connectivity index (χ3v) is 7.17. The smallest absolute Gasteiger partial charge is 0.408 e. The lowest BCUT2D eigenvalue weighted by Gasteiger charge is -2.35. The highest BCUT2D eigenvalue weighted by atomic mass is 16.6. The number of fused-ring (bicyclic) bond motifs is 3. The van der Waals surface area contributed by atoms with Crippen LogP contribution in [0.25, 0.3) is 11.1 Å². The molecule has 10 nitrogen and oxygen atoms in total. The van der Waals surface area contributed by atoms with Gasteiger partial charge in [0.2, 0.25) is 5.91 Å². The van der Waals surface area contributed by atoms with Crippen molar-refractivity contribution in [2.45, 2.75) is 71.8 Å². The number of nitrogens with one attached hydrogen (secondary N) is 1. The maximum Gasteiger partial charge on any atom is 0.408 e. The fourth-order valence-corrected chi connectivity index (χ4v) is 5.21. The molecule has 1 heterocycles. The Hall–Kier alpha value is -4.34. The highest BCUT2D eigenvalue weighted by Crippen LogP contribution is 2.39. The van der Waals surface area contributed by atoms with Crippen molar-refractivity contribution in [3.63, 3.8) is 0 Å². The maximum atomic E-state index is 13.9. The molecule has 0 bridgehead atoms. The number of oxime groups is 1. The number of benzene rings is 2. The van der Waals surface area contributed by atoms with E-state index < -0.39 is 47.2 Å². The molecule has 2 aromatic rings. The summed E-state index contributed by atoms with van der Waals surface area (Å²) in [5, 5.41) is 7.28. The van der Waals surface area contributed by atoms with Crippen LogP contribution in [0.1, 0.15) is 59.1 Å². The summed E-state index contributed by atoms with van der Waals surface area (Å²) in [5.74, 6) is -0.334. The third-order valence-electron chi connectivity index (χ3n) is 7.17. The zero-order chi connectivity index (χ0) is 31.5. The van der Waals surface area contributed by atoms with E-state index in [0.717, 1.165) is 22.3 Å². The number of methoxy groups -OCH3 is 1. The number of carbonyl (C=O) groups excluding carboxylic acids is 3. The Morgan fingerprint density at radius 2 is 1.72 bits per heavy atom. The first-order chi connectivity index (χ1) is 20.2. The van der Waals surface area contributed by atoms with Gasteiger partial charge in [0.05, 0.1) is 13.7 Å². The number of likely N-dealkylation sites (tertiary alicyclic amines) is 1. The molecule has 43 heavy (non-hydrogen) atoms. The Kier molecular flexibility index (Phi) is 9.18. The van der Waals surface area contributed by atoms with Gasteiger partial charge in [-0.2, -0.15) is 0 Å². The summed E-state index contributed by atoms with van der Waals surface area (Å²) in [6.45, 7) is 14.9. The first-order valence-electron chi connectivity index (χ1n) is 14.3. The highest BCUT2D eigenvalue weighted by molar-refractivity contribution is 6.24. The Labute approximate surface area is 253 Å². The van der Waals surface area contributed by atoms with Crippen molar-refractivity contribution in [3.05, 3.63) is 66.2 Å². The van der Waals surface area contributed by atoms with Crippen LogP contribution in [0.3, 0.4) is 0 Å². The van der Waals surface area contributed by atoms with E-state index >= 15 is 0 Å². The number of hydrogen-bond donors (Lipinski definition) is 1. The van der Waals surface area contributed by atoms with Crippen LogP contribution in [0.2, 0.25) is 0 Å². The van der Waals surface area contributed by atoms with Gasteiger partial charge in [0.15, 0.2) is 0 Å². The van der Waals surface area contributed by atoms with Gasteiger partial charge in [0.1, 0.15) is 41.9 Å². The molecular weight excluding hydrogens is 550 g/mol. The monoisotopic (exact) mass is 591 g/mol. The summed E-state index contributed by atoms with van der Waals surface area (Å²) in [5.41, 5.74) is 2.99. The molecule has 1 saturated heterocycles. The summed E-state index contributed by atoms with van der Waals surface area (Å²) in [7, 11) is 1.28. The summed E-state index contributed by atoms with van der Waals surface area (Å²) in [6, 6.07) is 11.8. The number of rotatable bonds is 8. The Balaban J connectivity index is 1.60. The van der Waals surface area contributed by atoms with Crippen molar-refractivity contribution < 1.29 is 33.4 Å². The number of hydrogen-bond acceptors (Lipinski definition) is 8. The number of alkyl carbamates (subject to hydrolysis) is 1. The van der Waals surface area contributed by atoms with E-state index in [1.54, 1.807) is 26.8 Å². The molecule has 0 radical (unpaired) electrons. The largest absolute Gasteiger partial charge is 0.490 e. The average Bonchev–Trinajstić information content (AvgIpc) is 3.50. The molecule has 4 rings (SSSR count). The van der Waals surface area contributed by atoms with Gasteiger partial charge < -0.3 is 29.3 Å². The molecule has 0 saturated carbocycles. The van der Waals surface area contributed by atoms with Crippen LogP contribution >= 0.6 is 0 Å². The lowest BCUT2D eigenvalue weighted by Crippen LogP contribution is -2.57. The van der Waals surface area contributed by atoms with Crippen LogP contribution in [-0.4, -0.2) is 72.6 Å². The van der Waals surface area contributed by atoms with Crippen molar-refractivity contribution in [2.24, 2.45) is 10.6 Å². The predicted molar refractivity (Wildman–Crippen MR) is 163 cm³/mol. The van der Waals surface area contributed by atoms with Gasteiger partial charge in [-0.3, -0.25) is 4.79 Å². The fourth-order valence-electron chi connectivity index (χ4n) is 5.21. The second-order valence-electron chi connectivity index (χ2n) is 12.7. The summed E-state index contributed by atoms with van der Waals surface area (Å²) in [4.78, 5) is 46.9. The molecule has 3 atom stereocenters. The van der Waals surface area contributed by atoms with E-state index in [0.29, 0.717) is 18.1 Å². The fraction of sp³-hybridized carbons (Fsp3) is 0.455. The SMILES string of the molecule is C=CCOc1ccc2c(c1)/C(=N\O[C@@H]1C[C@@H](C(=O)OC)N(C(=O)[C@@H](NC(=O)OC(C)(C)C)C(C)(C)C)C1)c1ccccc1-2. The number of esters is 1. The minimum atomic E-state index is -0.970. The minimum Gasteiger partial charge on any atom is -0.490 e. The molecule has 2 aromatic carbocycles. The zero-order valence-corrected chi connectivity index (χ0v) is 25.9. The topological polar surface area (TPSA) is 116 Å². The quantitative estimate of drug-likeness (QED) is 0.221. The van der Waals surface area contributed by atoms with E-state index in [9.17, 15) is 14.4 Å². The van der Waals surface area contributed by atoms with E-state index in [1.165, 1.54) is 12.0 Å². The minimum absolute atomic E-state index is 0.0783. The van der Waals surface area contributed by atoms with Gasteiger partial charge >= 0.3 is 12.1 Å². The summed E-state index contributed by atoms with van der Waals surface area (Å²) in [6.07, 6.45) is 0.538. The zero-order valence-electron chi connectivity index (χ0n) is 25.9. The average molecular weight is 592 g/mol. The molecule has 0 unspecified atom stereocenters. The van der Waals surface area contributed by atoms with Crippen LogP contribution in [0.15, 0.2) is 60.3 Å². The van der Waals surface area contributed by atoms with Gasteiger partial charge in [-0.15, -0.1) is 0 Å². The van der Waals surface area contributed by atoms with Crippen LogP contribution in [0.4, 0.5) is 4.79 Å². The molecular formula is C33H41N3O7. The standard InChI is InChI=1S/C33H41N3O7/c1-9-16-41-20-14-15-23-22-12-10-11-13-24(22)27(25(23)17-20)35-43-21-18-26(30(38)40-8)36(19-21)29(37)28(32(2,3)4)34-31(39)42-33(5,6)7/h9-15,17,21,26,28H,1,16,18-19H2,2-8H3,(H,34,39)/b35-27-/t21-,26+,28-/m1/s1. The Morgan fingerprint density at radius 3 is 2.35 bits per heavy atom. The van der Waals surface area contributed by atoms with Crippen LogP contribution in [-0.2, 0) is 23.9 Å². The maximum absolute atomic E-state index is 13.9. The van der Waals surface area contributed by atoms with Crippen molar-refractivity contribution in [1.82, 2.24) is 10.2 Å². The van der Waals surface area contributed by atoms with Crippen LogP contribution in [0, 0.1) is 5.41 Å². The molecule has 1 aliphatic heterocycles. The Bertz CT molecular complexity index is 1420. The van der Waals surface area contributed by atoms with Crippen LogP contribution < -0.4 is 10.1 Å². The van der Waals surface area contributed by atoms with E-state index in [4.69, 9.17) is 19.0 Å². The number of carbonyl (C=O) groups is 3. The van der Waals surface area contributed by atoms with Crippen molar-refractivity contribution in [1.29, 1.82) is 0 Å². The van der Waals surface area contributed by atoms with E-state index in [-0.39, 0.29) is 13.0 Å². The Morgan fingerprint density at radius 1 is 1.05 bits per heavy atom. The van der Waals surface area contributed by atoms with E-state index in [1.807, 2.05) is 63.2 Å². The molecule has 0 aromatic heterocycles. The van der Waals surface area contributed by atoms with Crippen molar-refractivity contribution in [3.8, 4) is 16.9 Å². The van der Waals surface area contributed by atoms with Gasteiger partial charge in [-0.05, 0) is 55.5 Å². The molecule has 1 fully saturated rings. The summed E-state index contributed by atoms with van der Waals surface area (Å²) < 4.78 is 16.2. The molecule has 230 valence electrons. The molecule has 2 amide bonds. The number of ether oxygens (including phenoxy) is 3. The van der Waals surface area contributed by atoms with Crippen molar-refractivity contribution >= 4 is 23.7 Å².